The van der Waals surface area contributed by atoms with Crippen LogP contribution in [0.25, 0.3) is 0 Å². The Hall–Kier alpha value is -2.61. The molecule has 116 valence electrons. The van der Waals surface area contributed by atoms with E-state index in [1.807, 2.05) is 43.5 Å². The lowest BCUT2D eigenvalue weighted by Gasteiger charge is -2.33. The van der Waals surface area contributed by atoms with Gasteiger partial charge in [-0.1, -0.05) is 55.7 Å². The highest BCUT2D eigenvalue weighted by atomic mass is 16.2. The number of carbonyl (C=O) groups is 1. The zero-order chi connectivity index (χ0) is 16.6. The molecule has 1 saturated carbocycles. The number of allylic oxidation sites excluding steroid dienone is 5. The van der Waals surface area contributed by atoms with Crippen LogP contribution in [0.15, 0.2) is 85.1 Å². The molecule has 0 unspecified atom stereocenters. The minimum absolute atomic E-state index is 0.122. The van der Waals surface area contributed by atoms with E-state index in [-0.39, 0.29) is 5.91 Å². The molecule has 23 heavy (non-hydrogen) atoms. The Balaban J connectivity index is 2.13. The van der Waals surface area contributed by atoms with Crippen LogP contribution in [-0.4, -0.2) is 5.91 Å². The number of carbonyl (C=O) groups excluding carboxylic acids is 1. The molecule has 1 amide bonds. The number of nitrogens with zero attached hydrogens (tertiary/aromatic N) is 1. The SMILES string of the molecule is C=C/C=C(\C=C)C1=CN(c2ccc(C)cc2)C(=O)C2(CC2)C1=C. The first-order valence-electron chi connectivity index (χ1n) is 7.81. The molecule has 1 spiro atoms. The molecule has 1 aromatic carbocycles. The fraction of sp³-hybridized carbons (Fsp3) is 0.190. The summed E-state index contributed by atoms with van der Waals surface area (Å²) in [5.74, 6) is 0.122. The smallest absolute Gasteiger partial charge is 0.241 e. The van der Waals surface area contributed by atoms with Gasteiger partial charge in [0, 0.05) is 17.5 Å². The number of benzene rings is 1. The van der Waals surface area contributed by atoms with Crippen LogP contribution in [0.2, 0.25) is 0 Å². The van der Waals surface area contributed by atoms with Crippen LogP contribution in [0.4, 0.5) is 5.69 Å². The Morgan fingerprint density at radius 2 is 1.87 bits per heavy atom. The molecule has 0 radical (unpaired) electrons. The normalized spacial score (nSPS) is 19.6. The first-order chi connectivity index (χ1) is 11.0. The molecular formula is C21H21NO. The number of hydrogen-bond donors (Lipinski definition) is 0. The first-order valence-corrected chi connectivity index (χ1v) is 7.81. The van der Waals surface area contributed by atoms with E-state index in [9.17, 15) is 4.79 Å². The molecular weight excluding hydrogens is 282 g/mol. The summed E-state index contributed by atoms with van der Waals surface area (Å²) in [5.41, 5.74) is 4.45. The van der Waals surface area contributed by atoms with Gasteiger partial charge in [-0.05, 0) is 43.0 Å². The maximum Gasteiger partial charge on any atom is 0.241 e. The highest BCUT2D eigenvalue weighted by molar-refractivity contribution is 6.06. The standard InChI is InChI=1S/C21H21NO/c1-5-7-17(6-2)19-14-22(18-10-8-15(3)9-11-18)20(23)21(12-13-21)16(19)4/h5-11,14H,1-2,4,12-13H2,3H3/b17-7+. The molecule has 1 aliphatic carbocycles. The minimum Gasteiger partial charge on any atom is -0.286 e. The van der Waals surface area contributed by atoms with Crippen molar-refractivity contribution in [2.45, 2.75) is 19.8 Å². The van der Waals surface area contributed by atoms with Gasteiger partial charge >= 0.3 is 0 Å². The molecule has 2 aliphatic rings. The van der Waals surface area contributed by atoms with Gasteiger partial charge in [-0.25, -0.2) is 0 Å². The van der Waals surface area contributed by atoms with Crippen molar-refractivity contribution in [3.8, 4) is 0 Å². The van der Waals surface area contributed by atoms with E-state index in [4.69, 9.17) is 0 Å². The van der Waals surface area contributed by atoms with Gasteiger partial charge in [0.15, 0.2) is 0 Å². The molecule has 0 saturated heterocycles. The van der Waals surface area contributed by atoms with Crippen molar-refractivity contribution >= 4 is 11.6 Å². The van der Waals surface area contributed by atoms with Gasteiger partial charge in [0.2, 0.25) is 5.91 Å². The van der Waals surface area contributed by atoms with Crippen molar-refractivity contribution < 1.29 is 4.79 Å². The molecule has 1 heterocycles. The predicted octanol–water partition coefficient (Wildman–Crippen LogP) is 4.86. The lowest BCUT2D eigenvalue weighted by molar-refractivity contribution is -0.122. The monoisotopic (exact) mass is 303 g/mol. The number of aryl methyl sites for hydroxylation is 1. The molecule has 0 bridgehead atoms. The summed E-state index contributed by atoms with van der Waals surface area (Å²) in [6, 6.07) is 8.01. The summed E-state index contributed by atoms with van der Waals surface area (Å²) in [5, 5.41) is 0. The van der Waals surface area contributed by atoms with E-state index in [0.717, 1.165) is 35.2 Å². The second-order valence-electron chi connectivity index (χ2n) is 6.18. The lowest BCUT2D eigenvalue weighted by Crippen LogP contribution is -2.39. The number of rotatable bonds is 4. The summed E-state index contributed by atoms with van der Waals surface area (Å²) in [7, 11) is 0. The maximum atomic E-state index is 13.0. The maximum absolute atomic E-state index is 13.0. The van der Waals surface area contributed by atoms with Crippen molar-refractivity contribution in [3.05, 3.63) is 90.7 Å². The number of anilines is 1. The zero-order valence-corrected chi connectivity index (χ0v) is 13.5. The second-order valence-corrected chi connectivity index (χ2v) is 6.18. The molecule has 2 heteroatoms. The van der Waals surface area contributed by atoms with Crippen LogP contribution in [0.1, 0.15) is 18.4 Å². The Morgan fingerprint density at radius 3 is 2.39 bits per heavy atom. The molecule has 0 N–H and O–H groups in total. The average Bonchev–Trinajstić information content (AvgIpc) is 3.35. The third-order valence-corrected chi connectivity index (χ3v) is 4.68. The van der Waals surface area contributed by atoms with E-state index in [1.54, 1.807) is 17.1 Å². The van der Waals surface area contributed by atoms with Crippen molar-refractivity contribution in [2.24, 2.45) is 5.41 Å². The second kappa shape index (κ2) is 5.54. The molecule has 1 aromatic rings. The Labute approximate surface area is 137 Å². The van der Waals surface area contributed by atoms with Crippen molar-refractivity contribution in [1.82, 2.24) is 0 Å². The van der Waals surface area contributed by atoms with E-state index >= 15 is 0 Å². The quantitative estimate of drug-likeness (QED) is 0.727. The van der Waals surface area contributed by atoms with Crippen molar-refractivity contribution in [1.29, 1.82) is 0 Å². The molecule has 0 aromatic heterocycles. The van der Waals surface area contributed by atoms with Gasteiger partial charge in [0.05, 0.1) is 5.41 Å². The largest absolute Gasteiger partial charge is 0.286 e. The van der Waals surface area contributed by atoms with Crippen LogP contribution in [0, 0.1) is 12.3 Å². The Morgan fingerprint density at radius 1 is 1.22 bits per heavy atom. The van der Waals surface area contributed by atoms with Gasteiger partial charge in [0.25, 0.3) is 0 Å². The average molecular weight is 303 g/mol. The van der Waals surface area contributed by atoms with E-state index in [0.29, 0.717) is 0 Å². The summed E-state index contributed by atoms with van der Waals surface area (Å²) in [4.78, 5) is 14.7. The third-order valence-electron chi connectivity index (χ3n) is 4.68. The fourth-order valence-electron chi connectivity index (χ4n) is 3.06. The third kappa shape index (κ3) is 2.40. The number of amides is 1. The highest BCUT2D eigenvalue weighted by Crippen LogP contribution is 2.58. The highest BCUT2D eigenvalue weighted by Gasteiger charge is 2.56. The lowest BCUT2D eigenvalue weighted by atomic mass is 9.83. The fourth-order valence-corrected chi connectivity index (χ4v) is 3.06. The molecule has 2 nitrogen and oxygen atoms in total. The molecule has 1 aliphatic heterocycles. The molecule has 3 rings (SSSR count). The Kier molecular flexibility index (Phi) is 3.69. The summed E-state index contributed by atoms with van der Waals surface area (Å²) >= 11 is 0. The topological polar surface area (TPSA) is 20.3 Å². The number of hydrogen-bond acceptors (Lipinski definition) is 1. The van der Waals surface area contributed by atoms with Gasteiger partial charge in [-0.3, -0.25) is 9.69 Å². The van der Waals surface area contributed by atoms with E-state index < -0.39 is 5.41 Å². The summed E-state index contributed by atoms with van der Waals surface area (Å²) in [6.07, 6.45) is 9.04. The van der Waals surface area contributed by atoms with E-state index in [1.165, 1.54) is 5.56 Å². The van der Waals surface area contributed by atoms with E-state index in [2.05, 4.69) is 19.7 Å². The van der Waals surface area contributed by atoms with Crippen molar-refractivity contribution in [3.63, 3.8) is 0 Å². The van der Waals surface area contributed by atoms with Crippen LogP contribution in [-0.2, 0) is 4.79 Å². The van der Waals surface area contributed by atoms with Crippen LogP contribution >= 0.6 is 0 Å². The minimum atomic E-state index is -0.432. The summed E-state index contributed by atoms with van der Waals surface area (Å²) in [6.45, 7) is 13.9. The van der Waals surface area contributed by atoms with Gasteiger partial charge in [-0.15, -0.1) is 0 Å². The van der Waals surface area contributed by atoms with Gasteiger partial charge in [0.1, 0.15) is 0 Å². The van der Waals surface area contributed by atoms with Crippen LogP contribution < -0.4 is 4.90 Å². The Bertz CT molecular complexity index is 758. The molecule has 0 atom stereocenters. The predicted molar refractivity (Wildman–Crippen MR) is 96.0 cm³/mol. The molecule has 1 fully saturated rings. The van der Waals surface area contributed by atoms with Gasteiger partial charge in [-0.2, -0.15) is 0 Å². The van der Waals surface area contributed by atoms with Crippen molar-refractivity contribution in [2.75, 3.05) is 4.90 Å². The first kappa shape index (κ1) is 15.3. The van der Waals surface area contributed by atoms with Crippen LogP contribution in [0.3, 0.4) is 0 Å². The van der Waals surface area contributed by atoms with Gasteiger partial charge < -0.3 is 0 Å². The van der Waals surface area contributed by atoms with Crippen LogP contribution in [0.5, 0.6) is 0 Å². The zero-order valence-electron chi connectivity index (χ0n) is 13.5. The summed E-state index contributed by atoms with van der Waals surface area (Å²) < 4.78 is 0.